The van der Waals surface area contributed by atoms with E-state index in [1.54, 1.807) is 0 Å². The van der Waals surface area contributed by atoms with E-state index in [0.717, 1.165) is 56.8 Å². The minimum Gasteiger partial charge on any atom is -0.367 e. The standard InChI is InChI=1S/C27H27Cl2N3O/c28-24-8-5-9-25(29)26(24)32-16-14-31(15-17-32)13-4-3-12-30-27(33)19-10-11-22-20-6-1-2-7-21(20)23(22)18-19/h1-2,5-11,18H,3-4,12-17H2,(H,30,33). The summed E-state index contributed by atoms with van der Waals surface area (Å²) in [6, 6.07) is 20.0. The van der Waals surface area contributed by atoms with Crippen LogP contribution in [0, 0.1) is 20.9 Å². The lowest BCUT2D eigenvalue weighted by molar-refractivity contribution is 0.0952. The number of hydrogen-bond donors (Lipinski definition) is 1. The van der Waals surface area contributed by atoms with Gasteiger partial charge in [-0.25, -0.2) is 0 Å². The smallest absolute Gasteiger partial charge is 0.251 e. The zero-order valence-electron chi connectivity index (χ0n) is 18.5. The highest BCUT2D eigenvalue weighted by molar-refractivity contribution is 6.39. The van der Waals surface area contributed by atoms with Gasteiger partial charge in [0.2, 0.25) is 0 Å². The van der Waals surface area contributed by atoms with Crippen LogP contribution in [0.15, 0.2) is 60.7 Å². The Bertz CT molecular complexity index is 1350. The summed E-state index contributed by atoms with van der Waals surface area (Å²) in [6.07, 6.45) is 2.03. The zero-order valence-corrected chi connectivity index (χ0v) is 20.0. The second kappa shape index (κ2) is 9.76. The third-order valence-corrected chi connectivity index (χ3v) is 7.21. The number of para-hydroxylation sites is 1. The second-order valence-corrected chi connectivity index (χ2v) is 9.48. The number of hydrogen-bond acceptors (Lipinski definition) is 3. The van der Waals surface area contributed by atoms with Crippen LogP contribution in [-0.4, -0.2) is 50.1 Å². The van der Waals surface area contributed by atoms with Gasteiger partial charge in [0.15, 0.2) is 0 Å². The lowest BCUT2D eigenvalue weighted by Crippen LogP contribution is -2.46. The first-order valence-electron chi connectivity index (χ1n) is 11.5. The molecular formula is C27H27Cl2N3O. The number of nitrogens with one attached hydrogen (secondary N) is 1. The van der Waals surface area contributed by atoms with Crippen LogP contribution in [0.5, 0.6) is 0 Å². The van der Waals surface area contributed by atoms with Crippen molar-refractivity contribution < 1.29 is 4.79 Å². The van der Waals surface area contributed by atoms with E-state index in [4.69, 9.17) is 23.2 Å². The number of unbranched alkanes of at least 4 members (excludes halogenated alkanes) is 1. The van der Waals surface area contributed by atoms with Crippen molar-refractivity contribution in [3.8, 4) is 0 Å². The van der Waals surface area contributed by atoms with Crippen LogP contribution in [-0.2, 0) is 0 Å². The Morgan fingerprint density at radius 3 is 2.18 bits per heavy atom. The van der Waals surface area contributed by atoms with Crippen LogP contribution in [0.25, 0.3) is 0 Å². The van der Waals surface area contributed by atoms with Gasteiger partial charge in [-0.2, -0.15) is 0 Å². The largest absolute Gasteiger partial charge is 0.367 e. The van der Waals surface area contributed by atoms with Gasteiger partial charge in [0, 0.05) is 38.3 Å². The Hall–Kier alpha value is -2.53. The summed E-state index contributed by atoms with van der Waals surface area (Å²) in [4.78, 5) is 17.3. The molecule has 0 aromatic heterocycles. The van der Waals surface area contributed by atoms with Crippen molar-refractivity contribution in [3.63, 3.8) is 0 Å². The Morgan fingerprint density at radius 2 is 1.45 bits per heavy atom. The van der Waals surface area contributed by atoms with Crippen molar-refractivity contribution in [2.24, 2.45) is 0 Å². The predicted molar refractivity (Wildman–Crippen MR) is 135 cm³/mol. The highest BCUT2D eigenvalue weighted by Crippen LogP contribution is 2.34. The summed E-state index contributed by atoms with van der Waals surface area (Å²) in [7, 11) is 0. The maximum atomic E-state index is 12.6. The van der Waals surface area contributed by atoms with E-state index < -0.39 is 0 Å². The van der Waals surface area contributed by atoms with Crippen LogP contribution in [0.1, 0.15) is 23.2 Å². The van der Waals surface area contributed by atoms with Crippen molar-refractivity contribution >= 4 is 34.8 Å². The molecule has 0 bridgehead atoms. The van der Waals surface area contributed by atoms with E-state index in [1.165, 1.54) is 20.9 Å². The molecule has 2 aliphatic rings. The SMILES string of the molecule is O=C(NCCCCN1CCN(c2c(Cl)cccc2Cl)CC1)c1ccc2c(c1)=c1ccccc1=2. The topological polar surface area (TPSA) is 35.6 Å². The molecule has 1 amide bonds. The van der Waals surface area contributed by atoms with Gasteiger partial charge < -0.3 is 10.2 Å². The molecular weight excluding hydrogens is 453 g/mol. The van der Waals surface area contributed by atoms with Gasteiger partial charge in [0.25, 0.3) is 5.91 Å². The number of piperazine rings is 1. The summed E-state index contributed by atoms with van der Waals surface area (Å²) in [5.74, 6) is 0.00686. The minimum absolute atomic E-state index is 0.00686. The quantitative estimate of drug-likeness (QED) is 0.369. The van der Waals surface area contributed by atoms with Crippen molar-refractivity contribution in [1.82, 2.24) is 10.2 Å². The molecule has 170 valence electrons. The summed E-state index contributed by atoms with van der Waals surface area (Å²) < 4.78 is 0. The van der Waals surface area contributed by atoms with Gasteiger partial charge in [0.05, 0.1) is 15.7 Å². The number of amides is 1. The van der Waals surface area contributed by atoms with E-state index in [0.29, 0.717) is 16.6 Å². The van der Waals surface area contributed by atoms with Gasteiger partial charge >= 0.3 is 0 Å². The van der Waals surface area contributed by atoms with Crippen molar-refractivity contribution in [2.75, 3.05) is 44.2 Å². The molecule has 1 heterocycles. The van der Waals surface area contributed by atoms with Gasteiger partial charge in [-0.05, 0) is 64.5 Å². The molecule has 0 atom stereocenters. The first-order valence-corrected chi connectivity index (χ1v) is 12.3. The number of carbonyl (C=O) groups is 1. The van der Waals surface area contributed by atoms with E-state index in [9.17, 15) is 4.79 Å². The first kappa shape index (κ1) is 22.3. The van der Waals surface area contributed by atoms with E-state index in [-0.39, 0.29) is 5.91 Å². The van der Waals surface area contributed by atoms with Gasteiger partial charge in [-0.15, -0.1) is 0 Å². The number of carbonyl (C=O) groups excluding carboxylic acids is 1. The molecule has 0 spiro atoms. The van der Waals surface area contributed by atoms with Crippen LogP contribution in [0.4, 0.5) is 5.69 Å². The Labute approximate surface area is 203 Å². The number of benzene rings is 3. The molecule has 3 aromatic rings. The van der Waals surface area contributed by atoms with Crippen molar-refractivity contribution in [1.29, 1.82) is 0 Å². The Morgan fingerprint density at radius 1 is 0.788 bits per heavy atom. The average Bonchev–Trinajstić information content (AvgIpc) is 2.82. The van der Waals surface area contributed by atoms with Crippen LogP contribution < -0.4 is 10.2 Å². The molecule has 1 N–H and O–H groups in total. The zero-order chi connectivity index (χ0) is 22.8. The molecule has 5 rings (SSSR count). The first-order chi connectivity index (χ1) is 16.1. The molecule has 0 unspecified atom stereocenters. The number of halogens is 2. The Balaban J connectivity index is 1.05. The third kappa shape index (κ3) is 4.61. The molecule has 6 heteroatoms. The highest BCUT2D eigenvalue weighted by atomic mass is 35.5. The Kier molecular flexibility index (Phi) is 6.59. The van der Waals surface area contributed by atoms with Crippen LogP contribution in [0.3, 0.4) is 0 Å². The number of fused-ring (bicyclic) bond motifs is 2. The second-order valence-electron chi connectivity index (χ2n) is 8.67. The maximum Gasteiger partial charge on any atom is 0.251 e. The van der Waals surface area contributed by atoms with Gasteiger partial charge in [-0.3, -0.25) is 9.69 Å². The fraction of sp³-hybridized carbons (Fsp3) is 0.296. The van der Waals surface area contributed by atoms with Crippen molar-refractivity contribution in [2.45, 2.75) is 12.8 Å². The highest BCUT2D eigenvalue weighted by Gasteiger charge is 2.20. The van der Waals surface area contributed by atoms with E-state index in [1.807, 2.05) is 36.4 Å². The normalized spacial score (nSPS) is 14.9. The monoisotopic (exact) mass is 479 g/mol. The van der Waals surface area contributed by atoms with Crippen molar-refractivity contribution in [3.05, 3.63) is 97.1 Å². The van der Waals surface area contributed by atoms with Gasteiger partial charge in [0.1, 0.15) is 0 Å². The lowest BCUT2D eigenvalue weighted by atomic mass is 9.99. The third-order valence-electron chi connectivity index (χ3n) is 6.60. The molecule has 1 aliphatic heterocycles. The number of rotatable bonds is 7. The maximum absolute atomic E-state index is 12.6. The minimum atomic E-state index is 0.00686. The summed E-state index contributed by atoms with van der Waals surface area (Å²) >= 11 is 12.7. The summed E-state index contributed by atoms with van der Waals surface area (Å²) in [5.41, 5.74) is 1.68. The molecule has 1 saturated heterocycles. The summed E-state index contributed by atoms with van der Waals surface area (Å²) in [6.45, 7) is 5.55. The molecule has 4 nitrogen and oxygen atoms in total. The number of nitrogens with zero attached hydrogens (tertiary/aromatic N) is 2. The van der Waals surface area contributed by atoms with E-state index in [2.05, 4.69) is 39.4 Å². The fourth-order valence-corrected chi connectivity index (χ4v) is 5.42. The lowest BCUT2D eigenvalue weighted by Gasteiger charge is -2.36. The fourth-order valence-electron chi connectivity index (χ4n) is 4.78. The molecule has 33 heavy (non-hydrogen) atoms. The molecule has 0 radical (unpaired) electrons. The van der Waals surface area contributed by atoms with E-state index >= 15 is 0 Å². The summed E-state index contributed by atoms with van der Waals surface area (Å²) in [5, 5.41) is 9.42. The molecule has 1 fully saturated rings. The van der Waals surface area contributed by atoms with Gasteiger partial charge in [-0.1, -0.05) is 59.6 Å². The van der Waals surface area contributed by atoms with Crippen LogP contribution in [0.2, 0.25) is 10.0 Å². The predicted octanol–water partition coefficient (Wildman–Crippen LogP) is 5.21. The molecule has 0 saturated carbocycles. The van der Waals surface area contributed by atoms with Crippen LogP contribution >= 0.6 is 23.2 Å². The molecule has 1 aliphatic carbocycles. The number of anilines is 1. The molecule has 3 aromatic carbocycles. The average molecular weight is 480 g/mol.